The standard InChI is InChI=1S/C28H22N2O4/c31-26-22-21-16-15-17-9-7-8-14-20(17)30(21)24(23(22)27(32)29-26)28(33)34-25(18-10-3-1-4-11-18)19-12-5-2-6-13-19/h1-16,21-25H,(H,29,31,32). The van der Waals surface area contributed by atoms with E-state index in [0.717, 1.165) is 22.4 Å². The van der Waals surface area contributed by atoms with Crippen LogP contribution < -0.4 is 10.2 Å². The number of para-hydroxylation sites is 1. The normalized spacial score (nSPS) is 24.4. The Bertz CT molecular complexity index is 1260. The molecule has 2 saturated heterocycles. The molecule has 6 rings (SSSR count). The van der Waals surface area contributed by atoms with Crippen LogP contribution in [0.2, 0.25) is 0 Å². The molecule has 3 aliphatic heterocycles. The Hall–Kier alpha value is -4.19. The van der Waals surface area contributed by atoms with E-state index >= 15 is 0 Å². The lowest BCUT2D eigenvalue weighted by atomic mass is 9.88. The Balaban J connectivity index is 1.42. The molecule has 34 heavy (non-hydrogen) atoms. The van der Waals surface area contributed by atoms with Gasteiger partial charge in [0.2, 0.25) is 11.8 Å². The highest BCUT2D eigenvalue weighted by atomic mass is 16.5. The molecule has 6 nitrogen and oxygen atoms in total. The Morgan fingerprint density at radius 3 is 2.06 bits per heavy atom. The van der Waals surface area contributed by atoms with Gasteiger partial charge >= 0.3 is 5.97 Å². The van der Waals surface area contributed by atoms with Crippen molar-refractivity contribution in [2.45, 2.75) is 18.2 Å². The first kappa shape index (κ1) is 20.4. The third-order valence-corrected chi connectivity index (χ3v) is 6.94. The maximum Gasteiger partial charge on any atom is 0.330 e. The fourth-order valence-electron chi connectivity index (χ4n) is 5.47. The van der Waals surface area contributed by atoms with E-state index in [9.17, 15) is 14.4 Å². The number of anilines is 1. The minimum Gasteiger partial charge on any atom is -0.451 e. The van der Waals surface area contributed by atoms with E-state index in [0.29, 0.717) is 0 Å². The number of hydrogen-bond acceptors (Lipinski definition) is 5. The zero-order valence-electron chi connectivity index (χ0n) is 18.2. The number of nitrogens with zero attached hydrogens (tertiary/aromatic N) is 1. The first-order valence-electron chi connectivity index (χ1n) is 11.3. The molecule has 2 amide bonds. The van der Waals surface area contributed by atoms with Gasteiger partial charge in [0.25, 0.3) is 0 Å². The van der Waals surface area contributed by atoms with Crippen LogP contribution in [0.25, 0.3) is 6.08 Å². The van der Waals surface area contributed by atoms with Crippen molar-refractivity contribution in [3.8, 4) is 0 Å². The number of carbonyl (C=O) groups is 3. The molecule has 3 aromatic carbocycles. The van der Waals surface area contributed by atoms with Crippen LogP contribution >= 0.6 is 0 Å². The fraction of sp³-hybridized carbons (Fsp3) is 0.179. The van der Waals surface area contributed by atoms with Crippen LogP contribution in [-0.2, 0) is 19.1 Å². The van der Waals surface area contributed by atoms with E-state index in [4.69, 9.17) is 4.74 Å². The summed E-state index contributed by atoms with van der Waals surface area (Å²) in [5, 5.41) is 2.43. The Morgan fingerprint density at radius 2 is 1.38 bits per heavy atom. The lowest BCUT2D eigenvalue weighted by Crippen LogP contribution is -2.48. The zero-order valence-corrected chi connectivity index (χ0v) is 18.2. The van der Waals surface area contributed by atoms with E-state index in [1.807, 2.05) is 102 Å². The monoisotopic (exact) mass is 450 g/mol. The summed E-state index contributed by atoms with van der Waals surface area (Å²) >= 11 is 0. The summed E-state index contributed by atoms with van der Waals surface area (Å²) in [4.78, 5) is 41.4. The molecule has 0 saturated carbocycles. The summed E-state index contributed by atoms with van der Waals surface area (Å²) in [7, 11) is 0. The van der Waals surface area contributed by atoms with Crippen molar-refractivity contribution in [1.29, 1.82) is 0 Å². The van der Waals surface area contributed by atoms with E-state index in [2.05, 4.69) is 5.32 Å². The number of esters is 1. The highest BCUT2D eigenvalue weighted by molar-refractivity contribution is 6.10. The van der Waals surface area contributed by atoms with E-state index in [1.165, 1.54) is 0 Å². The maximum atomic E-state index is 13.9. The number of imide groups is 1. The van der Waals surface area contributed by atoms with Crippen LogP contribution in [0.4, 0.5) is 5.69 Å². The van der Waals surface area contributed by atoms with Crippen molar-refractivity contribution in [2.75, 3.05) is 4.90 Å². The zero-order chi connectivity index (χ0) is 23.2. The van der Waals surface area contributed by atoms with Gasteiger partial charge in [0, 0.05) is 5.69 Å². The van der Waals surface area contributed by atoms with Crippen molar-refractivity contribution >= 4 is 29.5 Å². The Kier molecular flexibility index (Phi) is 4.80. The number of benzene rings is 3. The van der Waals surface area contributed by atoms with Gasteiger partial charge in [-0.15, -0.1) is 0 Å². The van der Waals surface area contributed by atoms with Crippen LogP contribution in [0, 0.1) is 11.8 Å². The minimum atomic E-state index is -0.914. The minimum absolute atomic E-state index is 0.341. The third kappa shape index (κ3) is 3.14. The first-order chi connectivity index (χ1) is 16.6. The van der Waals surface area contributed by atoms with Gasteiger partial charge < -0.3 is 9.64 Å². The van der Waals surface area contributed by atoms with Gasteiger partial charge in [-0.2, -0.15) is 0 Å². The predicted molar refractivity (Wildman–Crippen MR) is 126 cm³/mol. The van der Waals surface area contributed by atoms with Gasteiger partial charge in [-0.3, -0.25) is 14.9 Å². The second-order valence-corrected chi connectivity index (χ2v) is 8.80. The van der Waals surface area contributed by atoms with Crippen LogP contribution in [0.3, 0.4) is 0 Å². The average Bonchev–Trinajstić information content (AvgIpc) is 3.38. The third-order valence-electron chi connectivity index (χ3n) is 6.94. The molecule has 0 aliphatic carbocycles. The van der Waals surface area contributed by atoms with Gasteiger partial charge in [-0.25, -0.2) is 4.79 Å². The lowest BCUT2D eigenvalue weighted by Gasteiger charge is -2.35. The van der Waals surface area contributed by atoms with Gasteiger partial charge in [0.15, 0.2) is 6.10 Å². The summed E-state index contributed by atoms with van der Waals surface area (Å²) < 4.78 is 6.17. The molecule has 6 heteroatoms. The summed E-state index contributed by atoms with van der Waals surface area (Å²) in [5.41, 5.74) is 3.42. The second kappa shape index (κ2) is 7.99. The maximum absolute atomic E-state index is 13.9. The van der Waals surface area contributed by atoms with Crippen LogP contribution in [-0.4, -0.2) is 29.9 Å². The van der Waals surface area contributed by atoms with E-state index in [1.54, 1.807) is 0 Å². The number of rotatable bonds is 4. The fourth-order valence-corrected chi connectivity index (χ4v) is 5.47. The molecule has 0 spiro atoms. The highest BCUT2D eigenvalue weighted by Gasteiger charge is 2.62. The lowest BCUT2D eigenvalue weighted by molar-refractivity contribution is -0.151. The number of amides is 2. The van der Waals surface area contributed by atoms with E-state index < -0.39 is 41.9 Å². The van der Waals surface area contributed by atoms with Crippen LogP contribution in [0.15, 0.2) is 91.0 Å². The van der Waals surface area contributed by atoms with Crippen molar-refractivity contribution < 1.29 is 19.1 Å². The molecule has 3 heterocycles. The summed E-state index contributed by atoms with van der Waals surface area (Å²) in [5.74, 6) is -2.74. The van der Waals surface area contributed by atoms with Gasteiger partial charge in [0.05, 0.1) is 17.9 Å². The highest BCUT2D eigenvalue weighted by Crippen LogP contribution is 2.47. The Labute approximate surface area is 196 Å². The molecular formula is C28H22N2O4. The molecular weight excluding hydrogens is 428 g/mol. The number of ether oxygens (including phenoxy) is 1. The van der Waals surface area contributed by atoms with Crippen molar-refractivity contribution in [3.63, 3.8) is 0 Å². The Morgan fingerprint density at radius 1 is 0.794 bits per heavy atom. The number of fused-ring (bicyclic) bond motifs is 5. The number of carbonyl (C=O) groups excluding carboxylic acids is 3. The van der Waals surface area contributed by atoms with Crippen LogP contribution in [0.1, 0.15) is 22.8 Å². The summed E-state index contributed by atoms with van der Waals surface area (Å²) in [6.45, 7) is 0. The molecule has 0 aromatic heterocycles. The second-order valence-electron chi connectivity index (χ2n) is 8.80. The SMILES string of the molecule is O=C1NC(=O)C2C1C1C=Cc3ccccc3N1C2C(=O)OC(c1ccccc1)c1ccccc1. The molecule has 0 bridgehead atoms. The summed E-state index contributed by atoms with van der Waals surface area (Å²) in [6.07, 6.45) is 3.23. The molecule has 4 unspecified atom stereocenters. The molecule has 168 valence electrons. The molecule has 3 aromatic rings. The predicted octanol–water partition coefficient (Wildman–Crippen LogP) is 3.49. The van der Waals surface area contributed by atoms with E-state index in [-0.39, 0.29) is 5.91 Å². The largest absolute Gasteiger partial charge is 0.451 e. The van der Waals surface area contributed by atoms with Crippen molar-refractivity contribution in [2.24, 2.45) is 11.8 Å². The summed E-state index contributed by atoms with van der Waals surface area (Å²) in [6, 6.07) is 25.4. The smallest absolute Gasteiger partial charge is 0.330 e. The van der Waals surface area contributed by atoms with Crippen molar-refractivity contribution in [3.05, 3.63) is 108 Å². The molecule has 1 N–H and O–H groups in total. The van der Waals surface area contributed by atoms with Gasteiger partial charge in [-0.1, -0.05) is 91.0 Å². The first-order valence-corrected chi connectivity index (χ1v) is 11.3. The van der Waals surface area contributed by atoms with Gasteiger partial charge in [-0.05, 0) is 22.8 Å². The molecule has 4 atom stereocenters. The van der Waals surface area contributed by atoms with Gasteiger partial charge in [0.1, 0.15) is 6.04 Å². The van der Waals surface area contributed by atoms with Crippen molar-refractivity contribution in [1.82, 2.24) is 5.32 Å². The topological polar surface area (TPSA) is 75.7 Å². The molecule has 3 aliphatic rings. The average molecular weight is 450 g/mol. The number of hydrogen-bond donors (Lipinski definition) is 1. The quantitative estimate of drug-likeness (QED) is 0.487. The number of nitrogens with one attached hydrogen (secondary N) is 1. The molecule has 2 fully saturated rings. The molecule has 0 radical (unpaired) electrons. The van der Waals surface area contributed by atoms with Crippen LogP contribution in [0.5, 0.6) is 0 Å².